The first-order valence-electron chi connectivity index (χ1n) is 6.41. The van der Waals surface area contributed by atoms with Crippen molar-refractivity contribution in [1.82, 2.24) is 10.3 Å². The van der Waals surface area contributed by atoms with Gasteiger partial charge < -0.3 is 10.5 Å². The van der Waals surface area contributed by atoms with Gasteiger partial charge in [0.15, 0.2) is 17.5 Å². The number of hydrogen-bond acceptors (Lipinski definition) is 5. The van der Waals surface area contributed by atoms with E-state index in [1.54, 1.807) is 0 Å². The highest BCUT2D eigenvalue weighted by molar-refractivity contribution is 7.17. The summed E-state index contributed by atoms with van der Waals surface area (Å²) in [5, 5.41) is 16.9. The van der Waals surface area contributed by atoms with Crippen molar-refractivity contribution < 1.29 is 14.3 Å². The molecule has 1 aliphatic heterocycles. The maximum Gasteiger partial charge on any atom is 0.263 e. The van der Waals surface area contributed by atoms with Crippen LogP contribution in [-0.2, 0) is 6.42 Å². The van der Waals surface area contributed by atoms with E-state index in [1.165, 1.54) is 24.5 Å². The summed E-state index contributed by atoms with van der Waals surface area (Å²) in [6.45, 7) is 0.636. The average Bonchev–Trinajstić information content (AvgIpc) is 2.78. The van der Waals surface area contributed by atoms with Gasteiger partial charge in [0.05, 0.1) is 5.69 Å². The van der Waals surface area contributed by atoms with Gasteiger partial charge in [0, 0.05) is 12.6 Å². The summed E-state index contributed by atoms with van der Waals surface area (Å²) < 4.78 is 0.555. The number of nitrogens with one attached hydrogen (secondary N) is 2. The Hall–Kier alpha value is -2.48. The van der Waals surface area contributed by atoms with Gasteiger partial charge in [-0.05, 0) is 18.9 Å². The maximum absolute atomic E-state index is 12.0. The van der Waals surface area contributed by atoms with E-state index in [9.17, 15) is 14.8 Å². The second-order valence-corrected chi connectivity index (χ2v) is 5.56. The number of aryl methyl sites for hydroxylation is 1. The summed E-state index contributed by atoms with van der Waals surface area (Å²) in [5.74, 6) is -0.581. The predicted octanol–water partition coefficient (Wildman–Crippen LogP) is 0.705. The van der Waals surface area contributed by atoms with Crippen molar-refractivity contribution in [2.24, 2.45) is 0 Å². The number of aromatic nitrogens is 2. The molecule has 0 radical (unpaired) electrons. The zero-order valence-corrected chi connectivity index (χ0v) is 11.8. The molecule has 8 heteroatoms. The molecule has 0 spiro atoms. The van der Waals surface area contributed by atoms with Crippen LogP contribution in [0.5, 0.6) is 0 Å². The minimum Gasteiger partial charge on any atom is -0.619 e. The molecular formula is C13H12N4O3S. The third kappa shape index (κ3) is 2.84. The van der Waals surface area contributed by atoms with Crippen molar-refractivity contribution in [3.05, 3.63) is 45.9 Å². The van der Waals surface area contributed by atoms with Gasteiger partial charge in [-0.15, -0.1) is 0 Å². The van der Waals surface area contributed by atoms with E-state index < -0.39 is 5.91 Å². The van der Waals surface area contributed by atoms with E-state index in [0.717, 1.165) is 17.8 Å². The van der Waals surface area contributed by atoms with E-state index in [0.29, 0.717) is 33.4 Å². The van der Waals surface area contributed by atoms with Crippen LogP contribution in [0.15, 0.2) is 24.5 Å². The summed E-state index contributed by atoms with van der Waals surface area (Å²) in [5.41, 5.74) is 0.944. The number of pyridine rings is 1. The number of fused-ring (bicyclic) bond motifs is 1. The molecule has 0 atom stereocenters. The standard InChI is InChI=1S/C13H12N4O3S/c18-11(8-3-2-6-17(20)7-8)16-13-15-9-4-1-5-14-12(19)10(9)21-13/h2-3,6-7H,1,4-5H2,(H,14,19)(H,15,16,18). The Morgan fingerprint density at radius 3 is 3.19 bits per heavy atom. The Morgan fingerprint density at radius 2 is 2.38 bits per heavy atom. The number of amides is 2. The molecule has 2 aromatic rings. The molecule has 0 bridgehead atoms. The van der Waals surface area contributed by atoms with Crippen LogP contribution < -0.4 is 15.4 Å². The van der Waals surface area contributed by atoms with Gasteiger partial charge in [-0.2, -0.15) is 4.73 Å². The SMILES string of the molecule is O=C(Nc1nc2c(s1)C(=O)NCCC2)c1ccc[n+]([O-])c1. The first kappa shape index (κ1) is 13.5. The van der Waals surface area contributed by atoms with Gasteiger partial charge in [-0.25, -0.2) is 4.98 Å². The molecule has 2 aromatic heterocycles. The molecule has 2 N–H and O–H groups in total. The molecule has 108 valence electrons. The zero-order valence-electron chi connectivity index (χ0n) is 11.0. The Labute approximate surface area is 124 Å². The van der Waals surface area contributed by atoms with Gasteiger partial charge in [0.1, 0.15) is 10.4 Å². The minimum absolute atomic E-state index is 0.155. The molecule has 0 saturated heterocycles. The minimum atomic E-state index is -0.426. The molecule has 0 saturated carbocycles. The second kappa shape index (κ2) is 5.49. The quantitative estimate of drug-likeness (QED) is 0.630. The van der Waals surface area contributed by atoms with Crippen molar-refractivity contribution in [3.8, 4) is 0 Å². The summed E-state index contributed by atoms with van der Waals surface area (Å²) in [6.07, 6.45) is 4.00. The number of nitrogens with zero attached hydrogens (tertiary/aromatic N) is 2. The monoisotopic (exact) mass is 304 g/mol. The van der Waals surface area contributed by atoms with Crippen LogP contribution in [0.25, 0.3) is 0 Å². The maximum atomic E-state index is 12.0. The molecule has 0 aliphatic carbocycles. The Balaban J connectivity index is 1.81. The van der Waals surface area contributed by atoms with E-state index in [2.05, 4.69) is 15.6 Å². The molecule has 0 fully saturated rings. The molecule has 3 rings (SSSR count). The average molecular weight is 304 g/mol. The molecule has 21 heavy (non-hydrogen) atoms. The molecule has 0 unspecified atom stereocenters. The van der Waals surface area contributed by atoms with Crippen LogP contribution in [0.3, 0.4) is 0 Å². The smallest absolute Gasteiger partial charge is 0.263 e. The summed E-state index contributed by atoms with van der Waals surface area (Å²) in [4.78, 5) is 28.7. The number of carbonyl (C=O) groups is 2. The number of anilines is 1. The fourth-order valence-electron chi connectivity index (χ4n) is 2.05. The van der Waals surface area contributed by atoms with Crippen molar-refractivity contribution in [3.63, 3.8) is 0 Å². The van der Waals surface area contributed by atoms with Crippen molar-refractivity contribution in [2.45, 2.75) is 12.8 Å². The van der Waals surface area contributed by atoms with Crippen molar-refractivity contribution in [1.29, 1.82) is 0 Å². The predicted molar refractivity (Wildman–Crippen MR) is 76.1 cm³/mol. The first-order valence-corrected chi connectivity index (χ1v) is 7.23. The highest BCUT2D eigenvalue weighted by Crippen LogP contribution is 2.25. The Morgan fingerprint density at radius 1 is 1.52 bits per heavy atom. The molecule has 3 heterocycles. The van der Waals surface area contributed by atoms with Gasteiger partial charge in [-0.3, -0.25) is 14.9 Å². The van der Waals surface area contributed by atoms with Crippen LogP contribution in [0.2, 0.25) is 0 Å². The third-order valence-corrected chi connectivity index (χ3v) is 4.05. The van der Waals surface area contributed by atoms with Gasteiger partial charge in [0.2, 0.25) is 0 Å². The number of thiazole rings is 1. The van der Waals surface area contributed by atoms with Crippen LogP contribution in [0.4, 0.5) is 5.13 Å². The van der Waals surface area contributed by atoms with Crippen molar-refractivity contribution in [2.75, 3.05) is 11.9 Å². The highest BCUT2D eigenvalue weighted by atomic mass is 32.1. The van der Waals surface area contributed by atoms with Crippen LogP contribution in [0.1, 0.15) is 32.1 Å². The van der Waals surface area contributed by atoms with Gasteiger partial charge in [0.25, 0.3) is 11.8 Å². The fourth-order valence-corrected chi connectivity index (χ4v) is 2.97. The lowest BCUT2D eigenvalue weighted by Crippen LogP contribution is -2.27. The Kier molecular flexibility index (Phi) is 3.53. The summed E-state index contributed by atoms with van der Waals surface area (Å²) in [6, 6.07) is 3.03. The van der Waals surface area contributed by atoms with Crippen molar-refractivity contribution >= 4 is 28.3 Å². The summed E-state index contributed by atoms with van der Waals surface area (Å²) in [7, 11) is 0. The second-order valence-electron chi connectivity index (χ2n) is 4.56. The first-order chi connectivity index (χ1) is 10.1. The van der Waals surface area contributed by atoms with Crippen LogP contribution >= 0.6 is 11.3 Å². The lowest BCUT2D eigenvalue weighted by atomic mass is 10.2. The van der Waals surface area contributed by atoms with E-state index in [1.807, 2.05) is 0 Å². The van der Waals surface area contributed by atoms with Gasteiger partial charge >= 0.3 is 0 Å². The van der Waals surface area contributed by atoms with Crippen LogP contribution in [0, 0.1) is 5.21 Å². The van der Waals surface area contributed by atoms with E-state index >= 15 is 0 Å². The van der Waals surface area contributed by atoms with Crippen LogP contribution in [-0.4, -0.2) is 23.3 Å². The lowest BCUT2D eigenvalue weighted by molar-refractivity contribution is -0.605. The molecule has 7 nitrogen and oxygen atoms in total. The Bertz CT molecular complexity index is 713. The molecule has 1 aliphatic rings. The number of carbonyl (C=O) groups excluding carboxylic acids is 2. The molecule has 2 amide bonds. The van der Waals surface area contributed by atoms with Gasteiger partial charge in [-0.1, -0.05) is 11.3 Å². The normalized spacial score (nSPS) is 14.0. The topological polar surface area (TPSA) is 98.0 Å². The molecular weight excluding hydrogens is 292 g/mol. The lowest BCUT2D eigenvalue weighted by Gasteiger charge is -2.01. The zero-order chi connectivity index (χ0) is 14.8. The fraction of sp³-hybridized carbons (Fsp3) is 0.231. The van der Waals surface area contributed by atoms with E-state index in [4.69, 9.17) is 0 Å². The molecule has 0 aromatic carbocycles. The number of hydrogen-bond donors (Lipinski definition) is 2. The highest BCUT2D eigenvalue weighted by Gasteiger charge is 2.21. The van der Waals surface area contributed by atoms with E-state index in [-0.39, 0.29) is 11.5 Å². The third-order valence-electron chi connectivity index (χ3n) is 3.04. The largest absolute Gasteiger partial charge is 0.619 e. The number of rotatable bonds is 2. The summed E-state index contributed by atoms with van der Waals surface area (Å²) >= 11 is 1.14.